The number of ether oxygens (including phenoxy) is 2. The number of nitrogens with zero attached hydrogens (tertiary/aromatic N) is 1. The second kappa shape index (κ2) is 6.33. The van der Waals surface area contributed by atoms with E-state index >= 15 is 0 Å². The predicted molar refractivity (Wildman–Crippen MR) is 82.2 cm³/mol. The highest BCUT2D eigenvalue weighted by Gasteiger charge is 2.18. The van der Waals surface area contributed by atoms with E-state index in [0.717, 1.165) is 35.0 Å². The summed E-state index contributed by atoms with van der Waals surface area (Å²) in [4.78, 5) is 2.41. The van der Waals surface area contributed by atoms with Crippen molar-refractivity contribution in [2.45, 2.75) is 19.4 Å². The van der Waals surface area contributed by atoms with E-state index in [1.165, 1.54) is 31.5 Å². The van der Waals surface area contributed by atoms with Crippen molar-refractivity contribution in [3.63, 3.8) is 0 Å². The molecule has 1 aromatic rings. The van der Waals surface area contributed by atoms with Crippen LogP contribution in [0.15, 0.2) is 16.6 Å². The van der Waals surface area contributed by atoms with Crippen LogP contribution in [0.5, 0.6) is 11.5 Å². The second-order valence-electron chi connectivity index (χ2n) is 5.67. The summed E-state index contributed by atoms with van der Waals surface area (Å²) in [6, 6.07) is 4.06. The molecule has 0 bridgehead atoms. The number of nitrogens with one attached hydrogen (secondary N) is 1. The average Bonchev–Trinajstić information content (AvgIpc) is 2.88. The standard InChI is InChI=1S/C15H21BrN2O2/c1-18-4-2-11(3-5-18)8-17-9-12-6-14-15(7-13(12)16)20-10-19-14/h6-7,11,17H,2-5,8-10H2,1H3. The fraction of sp³-hybridized carbons (Fsp3) is 0.600. The maximum atomic E-state index is 5.43. The molecule has 2 heterocycles. The zero-order chi connectivity index (χ0) is 13.9. The normalized spacial score (nSPS) is 19.5. The molecule has 0 atom stereocenters. The van der Waals surface area contributed by atoms with Gasteiger partial charge in [0.15, 0.2) is 11.5 Å². The molecule has 1 saturated heterocycles. The van der Waals surface area contributed by atoms with Crippen molar-refractivity contribution in [3.8, 4) is 11.5 Å². The summed E-state index contributed by atoms with van der Waals surface area (Å²) in [7, 11) is 2.20. The van der Waals surface area contributed by atoms with Crippen molar-refractivity contribution in [2.24, 2.45) is 5.92 Å². The van der Waals surface area contributed by atoms with Crippen LogP contribution in [-0.2, 0) is 6.54 Å². The van der Waals surface area contributed by atoms with Crippen molar-refractivity contribution < 1.29 is 9.47 Å². The largest absolute Gasteiger partial charge is 0.454 e. The molecule has 2 aliphatic rings. The lowest BCUT2D eigenvalue weighted by molar-refractivity contribution is 0.174. The molecule has 3 rings (SSSR count). The lowest BCUT2D eigenvalue weighted by Gasteiger charge is -2.29. The predicted octanol–water partition coefficient (Wildman–Crippen LogP) is 2.61. The Morgan fingerprint density at radius 1 is 1.25 bits per heavy atom. The van der Waals surface area contributed by atoms with Crippen molar-refractivity contribution in [1.29, 1.82) is 0 Å². The molecular formula is C15H21BrN2O2. The molecule has 0 spiro atoms. The van der Waals surface area contributed by atoms with Crippen LogP contribution in [0.2, 0.25) is 0 Å². The van der Waals surface area contributed by atoms with Gasteiger partial charge in [-0.05, 0) is 63.1 Å². The molecule has 110 valence electrons. The van der Waals surface area contributed by atoms with Gasteiger partial charge in [-0.2, -0.15) is 0 Å². The van der Waals surface area contributed by atoms with E-state index < -0.39 is 0 Å². The molecule has 0 aliphatic carbocycles. The Hall–Kier alpha value is -0.780. The molecule has 0 saturated carbocycles. The Balaban J connectivity index is 1.51. The second-order valence-corrected chi connectivity index (χ2v) is 6.53. The summed E-state index contributed by atoms with van der Waals surface area (Å²) >= 11 is 3.60. The van der Waals surface area contributed by atoms with Crippen LogP contribution < -0.4 is 14.8 Å². The minimum absolute atomic E-state index is 0.328. The highest BCUT2D eigenvalue weighted by molar-refractivity contribution is 9.10. The Morgan fingerprint density at radius 3 is 2.70 bits per heavy atom. The number of benzene rings is 1. The van der Waals surface area contributed by atoms with Gasteiger partial charge in [-0.3, -0.25) is 0 Å². The van der Waals surface area contributed by atoms with E-state index in [-0.39, 0.29) is 0 Å². The van der Waals surface area contributed by atoms with Gasteiger partial charge in [0.1, 0.15) is 0 Å². The van der Waals surface area contributed by atoms with Crippen molar-refractivity contribution in [2.75, 3.05) is 33.5 Å². The number of fused-ring (bicyclic) bond motifs is 1. The Bertz CT molecular complexity index is 473. The van der Waals surface area contributed by atoms with Gasteiger partial charge in [0, 0.05) is 11.0 Å². The number of likely N-dealkylation sites (tertiary alicyclic amines) is 1. The molecule has 0 radical (unpaired) electrons. The maximum absolute atomic E-state index is 5.43. The number of hydrogen-bond donors (Lipinski definition) is 1. The first-order valence-corrected chi connectivity index (χ1v) is 7.99. The Labute approximate surface area is 128 Å². The van der Waals surface area contributed by atoms with Gasteiger partial charge in [0.2, 0.25) is 6.79 Å². The summed E-state index contributed by atoms with van der Waals surface area (Å²) in [5.41, 5.74) is 1.22. The smallest absolute Gasteiger partial charge is 0.231 e. The Morgan fingerprint density at radius 2 is 1.95 bits per heavy atom. The number of hydrogen-bond acceptors (Lipinski definition) is 4. The fourth-order valence-corrected chi connectivity index (χ4v) is 3.23. The summed E-state index contributed by atoms with van der Waals surface area (Å²) in [6.45, 7) is 4.73. The average molecular weight is 341 g/mol. The first-order valence-electron chi connectivity index (χ1n) is 7.19. The minimum atomic E-state index is 0.328. The van der Waals surface area contributed by atoms with E-state index in [9.17, 15) is 0 Å². The Kier molecular flexibility index (Phi) is 4.48. The lowest BCUT2D eigenvalue weighted by Crippen LogP contribution is -2.34. The van der Waals surface area contributed by atoms with Crippen LogP contribution in [0.1, 0.15) is 18.4 Å². The molecule has 0 aromatic heterocycles. The highest BCUT2D eigenvalue weighted by atomic mass is 79.9. The van der Waals surface area contributed by atoms with E-state index in [1.807, 2.05) is 6.07 Å². The third kappa shape index (κ3) is 3.27. The first-order chi connectivity index (χ1) is 9.72. The third-order valence-electron chi connectivity index (χ3n) is 4.13. The topological polar surface area (TPSA) is 33.7 Å². The van der Waals surface area contributed by atoms with Crippen LogP contribution in [0, 0.1) is 5.92 Å². The van der Waals surface area contributed by atoms with Crippen LogP contribution >= 0.6 is 15.9 Å². The molecular weight excluding hydrogens is 320 g/mol. The lowest BCUT2D eigenvalue weighted by atomic mass is 9.97. The van der Waals surface area contributed by atoms with Gasteiger partial charge in [-0.1, -0.05) is 15.9 Å². The van der Waals surface area contributed by atoms with E-state index in [4.69, 9.17) is 9.47 Å². The monoisotopic (exact) mass is 340 g/mol. The zero-order valence-electron chi connectivity index (χ0n) is 11.8. The molecule has 2 aliphatic heterocycles. The van der Waals surface area contributed by atoms with E-state index in [2.05, 4.69) is 39.3 Å². The van der Waals surface area contributed by atoms with Crippen LogP contribution in [0.3, 0.4) is 0 Å². The van der Waals surface area contributed by atoms with Gasteiger partial charge < -0.3 is 19.7 Å². The quantitative estimate of drug-likeness (QED) is 0.913. The molecule has 0 amide bonds. The summed E-state index contributed by atoms with van der Waals surface area (Å²) < 4.78 is 11.9. The fourth-order valence-electron chi connectivity index (χ4n) is 2.77. The third-order valence-corrected chi connectivity index (χ3v) is 4.87. The van der Waals surface area contributed by atoms with Gasteiger partial charge in [0.05, 0.1) is 0 Å². The van der Waals surface area contributed by atoms with Crippen LogP contribution in [-0.4, -0.2) is 38.4 Å². The summed E-state index contributed by atoms with van der Waals surface area (Å²) in [5.74, 6) is 2.49. The maximum Gasteiger partial charge on any atom is 0.231 e. The summed E-state index contributed by atoms with van der Waals surface area (Å²) in [5, 5.41) is 3.57. The number of piperidine rings is 1. The van der Waals surface area contributed by atoms with Crippen molar-refractivity contribution in [3.05, 3.63) is 22.2 Å². The highest BCUT2D eigenvalue weighted by Crippen LogP contribution is 2.36. The van der Waals surface area contributed by atoms with Gasteiger partial charge in [-0.15, -0.1) is 0 Å². The van der Waals surface area contributed by atoms with Crippen LogP contribution in [0.25, 0.3) is 0 Å². The molecule has 1 aromatic carbocycles. The molecule has 1 N–H and O–H groups in total. The van der Waals surface area contributed by atoms with E-state index in [0.29, 0.717) is 6.79 Å². The minimum Gasteiger partial charge on any atom is -0.454 e. The van der Waals surface area contributed by atoms with Gasteiger partial charge >= 0.3 is 0 Å². The SMILES string of the molecule is CN1CCC(CNCc2cc3c(cc2Br)OCO3)CC1. The molecule has 0 unspecified atom stereocenters. The van der Waals surface area contributed by atoms with Gasteiger partial charge in [0.25, 0.3) is 0 Å². The first kappa shape index (κ1) is 14.2. The van der Waals surface area contributed by atoms with E-state index in [1.54, 1.807) is 0 Å². The number of halogens is 1. The molecule has 1 fully saturated rings. The van der Waals surface area contributed by atoms with Gasteiger partial charge in [-0.25, -0.2) is 0 Å². The summed E-state index contributed by atoms with van der Waals surface area (Å²) in [6.07, 6.45) is 2.59. The van der Waals surface area contributed by atoms with Crippen molar-refractivity contribution >= 4 is 15.9 Å². The molecule has 5 heteroatoms. The molecule has 20 heavy (non-hydrogen) atoms. The molecule has 4 nitrogen and oxygen atoms in total. The van der Waals surface area contributed by atoms with Crippen molar-refractivity contribution in [1.82, 2.24) is 10.2 Å². The van der Waals surface area contributed by atoms with Crippen LogP contribution in [0.4, 0.5) is 0 Å². The number of rotatable bonds is 4. The zero-order valence-corrected chi connectivity index (χ0v) is 13.4.